The number of hydrogen-bond donors (Lipinski definition) is 1. The molecule has 9 nitrogen and oxygen atoms in total. The van der Waals surface area contributed by atoms with E-state index in [0.717, 1.165) is 24.2 Å². The van der Waals surface area contributed by atoms with Gasteiger partial charge in [0, 0.05) is 11.3 Å². The molecule has 3 heterocycles. The maximum absolute atomic E-state index is 14.2. The van der Waals surface area contributed by atoms with Gasteiger partial charge in [0.15, 0.2) is 15.8 Å². The summed E-state index contributed by atoms with van der Waals surface area (Å²) in [5, 5.41) is 20.1. The summed E-state index contributed by atoms with van der Waals surface area (Å²) in [6, 6.07) is 17.4. The zero-order chi connectivity index (χ0) is 30.6. The van der Waals surface area contributed by atoms with Gasteiger partial charge in [-0.2, -0.15) is 0 Å². The first-order valence-electron chi connectivity index (χ1n) is 14.1. The molecule has 1 saturated heterocycles. The summed E-state index contributed by atoms with van der Waals surface area (Å²) in [4.78, 5) is 28.4. The lowest BCUT2D eigenvalue weighted by Gasteiger charge is -2.23. The molecule has 1 aromatic heterocycles. The Labute approximate surface area is 261 Å². The summed E-state index contributed by atoms with van der Waals surface area (Å²) in [5.41, 5.74) is 1.29. The van der Waals surface area contributed by atoms with E-state index in [4.69, 9.17) is 14.2 Å². The van der Waals surface area contributed by atoms with Crippen LogP contribution >= 0.6 is 23.1 Å². The fourth-order valence-corrected chi connectivity index (χ4v) is 6.74. The quantitative estimate of drug-likeness (QED) is 0.0519. The Bertz CT molecular complexity index is 1730. The number of fused-ring (bicyclic) bond motifs is 1. The van der Waals surface area contributed by atoms with Gasteiger partial charge in [-0.25, -0.2) is 4.39 Å². The highest BCUT2D eigenvalue weighted by molar-refractivity contribution is 8.00. The van der Waals surface area contributed by atoms with E-state index in [1.807, 2.05) is 0 Å². The number of amides is 1. The molecule has 0 saturated carbocycles. The van der Waals surface area contributed by atoms with Crippen molar-refractivity contribution < 1.29 is 33.3 Å². The molecule has 12 heteroatoms. The molecule has 1 atom stereocenters. The smallest absolute Gasteiger partial charge is 0.301 e. The third kappa shape index (κ3) is 6.00. The van der Waals surface area contributed by atoms with Gasteiger partial charge in [-0.1, -0.05) is 66.8 Å². The molecule has 0 radical (unpaired) electrons. The van der Waals surface area contributed by atoms with Crippen molar-refractivity contribution in [1.29, 1.82) is 0 Å². The minimum atomic E-state index is -0.995. The predicted molar refractivity (Wildman–Crippen MR) is 165 cm³/mol. The van der Waals surface area contributed by atoms with Crippen LogP contribution in [0.3, 0.4) is 0 Å². The van der Waals surface area contributed by atoms with Gasteiger partial charge in [0.05, 0.1) is 18.2 Å². The van der Waals surface area contributed by atoms with Crippen LogP contribution in [0.2, 0.25) is 0 Å². The van der Waals surface area contributed by atoms with Gasteiger partial charge in [0.2, 0.25) is 5.13 Å². The molecule has 4 aromatic rings. The van der Waals surface area contributed by atoms with E-state index in [0.29, 0.717) is 63.9 Å². The van der Waals surface area contributed by atoms with Crippen LogP contribution in [0.5, 0.6) is 17.2 Å². The second kappa shape index (κ2) is 13.1. The molecule has 226 valence electrons. The van der Waals surface area contributed by atoms with Gasteiger partial charge < -0.3 is 19.3 Å². The van der Waals surface area contributed by atoms with Crippen molar-refractivity contribution in [1.82, 2.24) is 10.2 Å². The largest absolute Gasteiger partial charge is 0.507 e. The molecular weight excluding hydrogens is 605 g/mol. The van der Waals surface area contributed by atoms with Gasteiger partial charge in [-0.3, -0.25) is 14.5 Å². The standard InChI is InChI=1S/C32H28FN3O6S2/c1-2-3-14-40-22-11-8-19(9-12-22)27-26(28(37)20-10-13-24-25(17-20)42-16-15-41-24)29(38)30(39)36(27)31-34-35-32(44-31)43-18-21-6-4-5-7-23(21)33/h4-13,17,27,37H,2-3,14-16,18H2,1H3/b28-26+. The molecular formula is C32H28FN3O6S2. The van der Waals surface area contributed by atoms with Crippen molar-refractivity contribution >= 4 is 45.7 Å². The van der Waals surface area contributed by atoms with Gasteiger partial charge >= 0.3 is 5.91 Å². The summed E-state index contributed by atoms with van der Waals surface area (Å²) in [6.07, 6.45) is 1.90. The highest BCUT2D eigenvalue weighted by Gasteiger charge is 2.48. The second-order valence-corrected chi connectivity index (χ2v) is 12.2. The fourth-order valence-electron chi connectivity index (χ4n) is 4.89. The molecule has 1 N–H and O–H groups in total. The number of anilines is 1. The fraction of sp³-hybridized carbons (Fsp3) is 0.250. The highest BCUT2D eigenvalue weighted by Crippen LogP contribution is 2.45. The first-order valence-corrected chi connectivity index (χ1v) is 15.9. The lowest BCUT2D eigenvalue weighted by molar-refractivity contribution is -0.132. The van der Waals surface area contributed by atoms with Crippen molar-refractivity contribution in [3.05, 3.63) is 94.8 Å². The van der Waals surface area contributed by atoms with Crippen molar-refractivity contribution in [2.24, 2.45) is 0 Å². The Morgan fingerprint density at radius 2 is 1.84 bits per heavy atom. The minimum Gasteiger partial charge on any atom is -0.507 e. The third-order valence-electron chi connectivity index (χ3n) is 7.13. The number of aromatic nitrogens is 2. The number of ketones is 1. The van der Waals surface area contributed by atoms with E-state index in [2.05, 4.69) is 17.1 Å². The number of thioether (sulfide) groups is 1. The highest BCUT2D eigenvalue weighted by atomic mass is 32.2. The van der Waals surface area contributed by atoms with Gasteiger partial charge in [-0.05, 0) is 53.9 Å². The number of benzene rings is 3. The Morgan fingerprint density at radius 1 is 1.07 bits per heavy atom. The number of aliphatic hydroxyl groups is 1. The van der Waals surface area contributed by atoms with Crippen LogP contribution in [0, 0.1) is 5.82 Å². The number of Topliss-reactive ketones (excluding diaryl/α,β-unsaturated/α-hetero) is 1. The number of ether oxygens (including phenoxy) is 3. The van der Waals surface area contributed by atoms with Crippen LogP contribution in [0.1, 0.15) is 42.5 Å². The number of rotatable bonds is 10. The van der Waals surface area contributed by atoms with E-state index in [9.17, 15) is 19.1 Å². The van der Waals surface area contributed by atoms with Crippen LogP contribution in [0.15, 0.2) is 76.6 Å². The van der Waals surface area contributed by atoms with E-state index < -0.39 is 17.7 Å². The van der Waals surface area contributed by atoms with E-state index in [-0.39, 0.29) is 22.3 Å². The maximum Gasteiger partial charge on any atom is 0.301 e. The molecule has 6 rings (SSSR count). The van der Waals surface area contributed by atoms with Gasteiger partial charge in [-0.15, -0.1) is 10.2 Å². The lowest BCUT2D eigenvalue weighted by Crippen LogP contribution is -2.29. The summed E-state index contributed by atoms with van der Waals surface area (Å²) >= 11 is 2.38. The molecule has 1 fully saturated rings. The number of halogens is 1. The van der Waals surface area contributed by atoms with Crippen LogP contribution in [0.4, 0.5) is 9.52 Å². The average Bonchev–Trinajstić information content (AvgIpc) is 3.62. The molecule has 0 aliphatic carbocycles. The summed E-state index contributed by atoms with van der Waals surface area (Å²) in [6.45, 7) is 3.40. The topological polar surface area (TPSA) is 111 Å². The Morgan fingerprint density at radius 3 is 2.61 bits per heavy atom. The van der Waals surface area contributed by atoms with Crippen LogP contribution in [-0.4, -0.2) is 46.8 Å². The average molecular weight is 634 g/mol. The molecule has 1 unspecified atom stereocenters. The van der Waals surface area contributed by atoms with E-state index >= 15 is 0 Å². The Balaban J connectivity index is 1.37. The summed E-state index contributed by atoms with van der Waals surface area (Å²) in [7, 11) is 0. The maximum atomic E-state index is 14.2. The number of aliphatic hydroxyl groups excluding tert-OH is 1. The molecule has 1 amide bonds. The first-order chi connectivity index (χ1) is 21.4. The molecule has 0 spiro atoms. The zero-order valence-corrected chi connectivity index (χ0v) is 25.3. The van der Waals surface area contributed by atoms with E-state index in [1.54, 1.807) is 60.7 Å². The molecule has 0 bridgehead atoms. The van der Waals surface area contributed by atoms with Crippen LogP contribution < -0.4 is 19.1 Å². The lowest BCUT2D eigenvalue weighted by atomic mass is 9.95. The minimum absolute atomic E-state index is 0.0953. The van der Waals surface area contributed by atoms with Crippen molar-refractivity contribution in [2.45, 2.75) is 35.9 Å². The third-order valence-corrected chi connectivity index (χ3v) is 9.24. The molecule has 2 aliphatic rings. The predicted octanol–water partition coefficient (Wildman–Crippen LogP) is 6.55. The van der Waals surface area contributed by atoms with Crippen molar-refractivity contribution in [2.75, 3.05) is 24.7 Å². The summed E-state index contributed by atoms with van der Waals surface area (Å²) in [5.74, 6) is -0.466. The number of carbonyl (C=O) groups excluding carboxylic acids is 2. The van der Waals surface area contributed by atoms with Crippen molar-refractivity contribution in [3.8, 4) is 17.2 Å². The van der Waals surface area contributed by atoms with Crippen LogP contribution in [-0.2, 0) is 15.3 Å². The molecule has 2 aliphatic heterocycles. The van der Waals surface area contributed by atoms with Gasteiger partial charge in [0.25, 0.3) is 5.78 Å². The summed E-state index contributed by atoms with van der Waals surface area (Å²) < 4.78 is 31.7. The zero-order valence-electron chi connectivity index (χ0n) is 23.7. The molecule has 44 heavy (non-hydrogen) atoms. The Kier molecular flexibility index (Phi) is 8.80. The van der Waals surface area contributed by atoms with Crippen LogP contribution in [0.25, 0.3) is 5.76 Å². The van der Waals surface area contributed by atoms with E-state index in [1.165, 1.54) is 22.7 Å². The Hall–Kier alpha value is -4.42. The number of hydrogen-bond acceptors (Lipinski definition) is 10. The molecule has 3 aromatic carbocycles. The number of unbranched alkanes of at least 4 members (excludes halogenated alkanes) is 1. The SMILES string of the molecule is CCCCOc1ccc(C2/C(=C(\O)c3ccc4c(c3)OCCO4)C(=O)C(=O)N2c2nnc(SCc3ccccc3F)s2)cc1. The van der Waals surface area contributed by atoms with Crippen molar-refractivity contribution in [3.63, 3.8) is 0 Å². The monoisotopic (exact) mass is 633 g/mol. The first kappa shape index (κ1) is 29.6. The van der Waals surface area contributed by atoms with Gasteiger partial charge in [0.1, 0.15) is 30.5 Å². The number of nitrogens with zero attached hydrogens (tertiary/aromatic N) is 3. The number of carbonyl (C=O) groups is 2. The second-order valence-electron chi connectivity index (χ2n) is 10.0. The normalized spacial score (nSPS) is 17.2.